The zero-order chi connectivity index (χ0) is 9.90. The van der Waals surface area contributed by atoms with E-state index in [-0.39, 0.29) is 5.75 Å². The van der Waals surface area contributed by atoms with Crippen LogP contribution in [0.3, 0.4) is 0 Å². The second-order valence-corrected chi connectivity index (χ2v) is 6.03. The highest BCUT2D eigenvalue weighted by atomic mass is 32.2. The second-order valence-electron chi connectivity index (χ2n) is 2.81. The zero-order valence-electron chi connectivity index (χ0n) is 7.70. The molecule has 1 N–H and O–H groups in total. The molecule has 0 aliphatic rings. The number of sulfone groups is 1. The molecule has 0 aromatic carbocycles. The summed E-state index contributed by atoms with van der Waals surface area (Å²) in [5.74, 6) is 0.171. The van der Waals surface area contributed by atoms with Gasteiger partial charge in [0.2, 0.25) is 0 Å². The van der Waals surface area contributed by atoms with Crippen LogP contribution < -0.4 is 5.32 Å². The molecular formula is C8H13NO2S2. The van der Waals surface area contributed by atoms with Crippen LogP contribution in [-0.4, -0.2) is 27.8 Å². The lowest BCUT2D eigenvalue weighted by molar-refractivity contribution is 0.595. The Bertz CT molecular complexity index is 367. The first-order valence-electron chi connectivity index (χ1n) is 3.99. The molecule has 0 bridgehead atoms. The lowest BCUT2D eigenvalue weighted by atomic mass is 10.4. The van der Waals surface area contributed by atoms with Crippen LogP contribution in [0.15, 0.2) is 15.7 Å². The summed E-state index contributed by atoms with van der Waals surface area (Å²) in [6.07, 6.45) is 0. The first-order valence-corrected chi connectivity index (χ1v) is 6.52. The summed E-state index contributed by atoms with van der Waals surface area (Å²) in [5, 5.41) is 4.64. The van der Waals surface area contributed by atoms with E-state index in [1.807, 2.05) is 18.4 Å². The van der Waals surface area contributed by atoms with Crippen LogP contribution in [0.25, 0.3) is 0 Å². The summed E-state index contributed by atoms with van der Waals surface area (Å²) in [6, 6.07) is 1.83. The van der Waals surface area contributed by atoms with Crippen molar-refractivity contribution >= 4 is 21.2 Å². The van der Waals surface area contributed by atoms with Gasteiger partial charge in [0.05, 0.1) is 5.75 Å². The number of aryl methyl sites for hydroxylation is 1. The third-order valence-corrected chi connectivity index (χ3v) is 5.21. The van der Waals surface area contributed by atoms with Crippen molar-refractivity contribution in [2.45, 2.75) is 11.1 Å². The molecule has 0 aliphatic heterocycles. The molecule has 13 heavy (non-hydrogen) atoms. The maximum atomic E-state index is 11.6. The molecule has 0 saturated heterocycles. The van der Waals surface area contributed by atoms with Crippen molar-refractivity contribution in [1.82, 2.24) is 5.32 Å². The molecule has 0 radical (unpaired) electrons. The van der Waals surface area contributed by atoms with E-state index in [9.17, 15) is 8.42 Å². The standard InChI is InChI=1S/C8H13NO2S2/c1-7-3-5-12-8(7)13(10,11)6-4-9-2/h3,5,9H,4,6H2,1-2H3. The molecule has 74 valence electrons. The van der Waals surface area contributed by atoms with Gasteiger partial charge in [-0.05, 0) is 31.0 Å². The maximum absolute atomic E-state index is 11.6. The van der Waals surface area contributed by atoms with Crippen LogP contribution in [0.4, 0.5) is 0 Å². The van der Waals surface area contributed by atoms with Gasteiger partial charge < -0.3 is 5.32 Å². The Labute approximate surface area is 82.7 Å². The Kier molecular flexibility index (Phi) is 3.47. The fraction of sp³-hybridized carbons (Fsp3) is 0.500. The highest BCUT2D eigenvalue weighted by molar-refractivity contribution is 7.93. The molecule has 0 saturated carbocycles. The number of rotatable bonds is 4. The van der Waals surface area contributed by atoms with Gasteiger partial charge in [-0.25, -0.2) is 8.42 Å². The van der Waals surface area contributed by atoms with Crippen molar-refractivity contribution in [3.05, 3.63) is 17.0 Å². The Morgan fingerprint density at radius 1 is 1.54 bits per heavy atom. The van der Waals surface area contributed by atoms with E-state index in [2.05, 4.69) is 5.32 Å². The lowest BCUT2D eigenvalue weighted by Gasteiger charge is -2.01. The topological polar surface area (TPSA) is 46.2 Å². The number of nitrogens with one attached hydrogen (secondary N) is 1. The average molecular weight is 219 g/mol. The lowest BCUT2D eigenvalue weighted by Crippen LogP contribution is -2.19. The molecule has 0 unspecified atom stereocenters. The normalized spacial score (nSPS) is 11.8. The van der Waals surface area contributed by atoms with Crippen molar-refractivity contribution in [3.63, 3.8) is 0 Å². The van der Waals surface area contributed by atoms with E-state index in [0.29, 0.717) is 10.8 Å². The summed E-state index contributed by atoms with van der Waals surface area (Å²) in [6.45, 7) is 2.32. The molecule has 0 aliphatic carbocycles. The van der Waals surface area contributed by atoms with Crippen molar-refractivity contribution < 1.29 is 8.42 Å². The molecule has 1 rings (SSSR count). The average Bonchev–Trinajstić information content (AvgIpc) is 2.48. The fourth-order valence-corrected chi connectivity index (χ4v) is 3.88. The second kappa shape index (κ2) is 4.21. The summed E-state index contributed by atoms with van der Waals surface area (Å²) in [4.78, 5) is 0. The third kappa shape index (κ3) is 2.52. The largest absolute Gasteiger partial charge is 0.319 e. The molecule has 0 amide bonds. The van der Waals surface area contributed by atoms with Gasteiger partial charge in [-0.1, -0.05) is 0 Å². The molecule has 1 aromatic rings. The predicted molar refractivity (Wildman–Crippen MR) is 55.0 cm³/mol. The van der Waals surface area contributed by atoms with E-state index < -0.39 is 9.84 Å². The van der Waals surface area contributed by atoms with Crippen LogP contribution in [0.2, 0.25) is 0 Å². The highest BCUT2D eigenvalue weighted by Crippen LogP contribution is 2.22. The minimum atomic E-state index is -3.05. The summed E-state index contributed by atoms with van der Waals surface area (Å²) in [5.41, 5.74) is 0.848. The highest BCUT2D eigenvalue weighted by Gasteiger charge is 2.17. The van der Waals surface area contributed by atoms with Crippen LogP contribution in [0.5, 0.6) is 0 Å². The smallest absolute Gasteiger partial charge is 0.189 e. The van der Waals surface area contributed by atoms with Gasteiger partial charge in [-0.15, -0.1) is 11.3 Å². The first kappa shape index (κ1) is 10.7. The Morgan fingerprint density at radius 2 is 2.23 bits per heavy atom. The van der Waals surface area contributed by atoms with E-state index in [0.717, 1.165) is 5.56 Å². The van der Waals surface area contributed by atoms with E-state index in [1.165, 1.54) is 11.3 Å². The molecule has 0 spiro atoms. The van der Waals surface area contributed by atoms with Crippen LogP contribution in [0, 0.1) is 6.92 Å². The zero-order valence-corrected chi connectivity index (χ0v) is 9.33. The van der Waals surface area contributed by atoms with Crippen molar-refractivity contribution in [1.29, 1.82) is 0 Å². The van der Waals surface area contributed by atoms with Crippen molar-refractivity contribution in [2.75, 3.05) is 19.3 Å². The van der Waals surface area contributed by atoms with E-state index in [4.69, 9.17) is 0 Å². The molecule has 5 heteroatoms. The van der Waals surface area contributed by atoms with Gasteiger partial charge in [0.25, 0.3) is 0 Å². The predicted octanol–water partition coefficient (Wildman–Crippen LogP) is 1.05. The molecule has 1 heterocycles. The van der Waals surface area contributed by atoms with Gasteiger partial charge >= 0.3 is 0 Å². The van der Waals surface area contributed by atoms with Gasteiger partial charge in [-0.2, -0.15) is 0 Å². The van der Waals surface area contributed by atoms with Gasteiger partial charge in [-0.3, -0.25) is 0 Å². The first-order chi connectivity index (χ1) is 6.08. The molecule has 0 atom stereocenters. The van der Waals surface area contributed by atoms with E-state index >= 15 is 0 Å². The van der Waals surface area contributed by atoms with Crippen LogP contribution in [0.1, 0.15) is 5.56 Å². The molecular weight excluding hydrogens is 206 g/mol. The summed E-state index contributed by atoms with van der Waals surface area (Å²) >= 11 is 1.29. The Balaban J connectivity index is 2.88. The number of thiophene rings is 1. The number of hydrogen-bond acceptors (Lipinski definition) is 4. The fourth-order valence-electron chi connectivity index (χ4n) is 1.01. The maximum Gasteiger partial charge on any atom is 0.189 e. The van der Waals surface area contributed by atoms with Crippen LogP contribution in [-0.2, 0) is 9.84 Å². The molecule has 3 nitrogen and oxygen atoms in total. The van der Waals surface area contributed by atoms with E-state index in [1.54, 1.807) is 7.05 Å². The molecule has 1 aromatic heterocycles. The third-order valence-electron chi connectivity index (χ3n) is 1.72. The Morgan fingerprint density at radius 3 is 2.69 bits per heavy atom. The molecule has 0 fully saturated rings. The SMILES string of the molecule is CNCCS(=O)(=O)c1sccc1C. The summed E-state index contributed by atoms with van der Waals surface area (Å²) < 4.78 is 23.8. The van der Waals surface area contributed by atoms with Gasteiger partial charge in [0, 0.05) is 6.54 Å². The van der Waals surface area contributed by atoms with Crippen molar-refractivity contribution in [3.8, 4) is 0 Å². The minimum Gasteiger partial charge on any atom is -0.319 e. The monoisotopic (exact) mass is 219 g/mol. The van der Waals surface area contributed by atoms with Crippen molar-refractivity contribution in [2.24, 2.45) is 0 Å². The number of hydrogen-bond donors (Lipinski definition) is 1. The van der Waals surface area contributed by atoms with Gasteiger partial charge in [0.15, 0.2) is 9.84 Å². The van der Waals surface area contributed by atoms with Gasteiger partial charge in [0.1, 0.15) is 4.21 Å². The van der Waals surface area contributed by atoms with Crippen LogP contribution >= 0.6 is 11.3 Å². The Hall–Kier alpha value is -0.390. The quantitative estimate of drug-likeness (QED) is 0.823. The summed E-state index contributed by atoms with van der Waals surface area (Å²) in [7, 11) is -1.31. The minimum absolute atomic E-state index is 0.171.